The van der Waals surface area contributed by atoms with E-state index in [9.17, 15) is 4.79 Å². The van der Waals surface area contributed by atoms with Crippen molar-refractivity contribution in [3.05, 3.63) is 17.5 Å². The minimum Gasteiger partial charge on any atom is -0.354 e. The smallest absolute Gasteiger partial charge is 0.270 e. The van der Waals surface area contributed by atoms with Crippen molar-refractivity contribution in [2.45, 2.75) is 33.1 Å². The van der Waals surface area contributed by atoms with Crippen LogP contribution in [0.1, 0.15) is 42.4 Å². The number of nitrogens with one attached hydrogen (secondary N) is 2. The number of amides is 1. The van der Waals surface area contributed by atoms with Crippen molar-refractivity contribution in [2.75, 3.05) is 39.0 Å². The zero-order chi connectivity index (χ0) is 15.7. The minimum absolute atomic E-state index is 0.154. The fraction of sp³-hybridized carbons (Fsp3) is 0.667. The molecular formula is C15H27N5O. The second-order valence-corrected chi connectivity index (χ2v) is 5.41. The van der Waals surface area contributed by atoms with Crippen LogP contribution in [0.25, 0.3) is 0 Å². The second-order valence-electron chi connectivity index (χ2n) is 5.41. The van der Waals surface area contributed by atoms with Crippen molar-refractivity contribution in [3.8, 4) is 0 Å². The topological polar surface area (TPSA) is 70.2 Å². The van der Waals surface area contributed by atoms with Crippen LogP contribution in [-0.2, 0) is 0 Å². The largest absolute Gasteiger partial charge is 0.354 e. The summed E-state index contributed by atoms with van der Waals surface area (Å²) in [6.45, 7) is 6.28. The number of nitrogens with zero attached hydrogens (tertiary/aromatic N) is 3. The molecule has 1 heterocycles. The first-order valence-corrected chi connectivity index (χ1v) is 7.55. The molecule has 0 saturated carbocycles. The molecule has 0 spiro atoms. The molecule has 0 aliphatic heterocycles. The van der Waals surface area contributed by atoms with E-state index in [0.717, 1.165) is 25.2 Å². The first kappa shape index (κ1) is 17.4. The third kappa shape index (κ3) is 7.04. The highest BCUT2D eigenvalue weighted by atomic mass is 16.1. The van der Waals surface area contributed by atoms with E-state index in [0.29, 0.717) is 18.2 Å². The molecule has 0 radical (unpaired) electrons. The van der Waals surface area contributed by atoms with Crippen LogP contribution in [-0.4, -0.2) is 54.5 Å². The van der Waals surface area contributed by atoms with Gasteiger partial charge in [-0.15, -0.1) is 0 Å². The molecule has 1 rings (SSSR count). The maximum absolute atomic E-state index is 12.1. The van der Waals surface area contributed by atoms with Crippen LogP contribution >= 0.6 is 0 Å². The van der Waals surface area contributed by atoms with Gasteiger partial charge in [-0.3, -0.25) is 4.79 Å². The maximum atomic E-state index is 12.1. The number of hydrogen-bond donors (Lipinski definition) is 2. The van der Waals surface area contributed by atoms with Crippen molar-refractivity contribution < 1.29 is 4.79 Å². The van der Waals surface area contributed by atoms with Crippen LogP contribution in [0.15, 0.2) is 6.07 Å². The lowest BCUT2D eigenvalue weighted by atomic mass is 10.2. The van der Waals surface area contributed by atoms with Crippen LogP contribution in [0.4, 0.5) is 5.95 Å². The van der Waals surface area contributed by atoms with Crippen LogP contribution in [0.3, 0.4) is 0 Å². The summed E-state index contributed by atoms with van der Waals surface area (Å²) in [6, 6.07) is 1.71. The lowest BCUT2D eigenvalue weighted by Crippen LogP contribution is -2.32. The monoisotopic (exact) mass is 293 g/mol. The van der Waals surface area contributed by atoms with Gasteiger partial charge in [0.1, 0.15) is 5.69 Å². The van der Waals surface area contributed by atoms with E-state index in [1.807, 2.05) is 25.9 Å². The van der Waals surface area contributed by atoms with Gasteiger partial charge in [-0.05, 0) is 33.5 Å². The Morgan fingerprint density at radius 3 is 2.67 bits per heavy atom. The lowest BCUT2D eigenvalue weighted by Gasteiger charge is -2.11. The van der Waals surface area contributed by atoms with Gasteiger partial charge >= 0.3 is 0 Å². The van der Waals surface area contributed by atoms with Crippen LogP contribution in [0.2, 0.25) is 0 Å². The highest BCUT2D eigenvalue weighted by Crippen LogP contribution is 2.05. The standard InChI is InChI=1S/C15H27N5O/c1-5-6-7-8-17-15-18-12(2)11-13(19-15)14(21)16-9-10-20(3)4/h11H,5-10H2,1-4H3,(H,16,21)(H,17,18,19). The molecule has 1 amide bonds. The van der Waals surface area contributed by atoms with E-state index < -0.39 is 0 Å². The molecule has 0 unspecified atom stereocenters. The molecular weight excluding hydrogens is 266 g/mol. The summed E-state index contributed by atoms with van der Waals surface area (Å²) in [5, 5.41) is 6.04. The molecule has 1 aromatic heterocycles. The molecule has 6 nitrogen and oxygen atoms in total. The van der Waals surface area contributed by atoms with Crippen molar-refractivity contribution in [1.82, 2.24) is 20.2 Å². The predicted molar refractivity (Wildman–Crippen MR) is 85.7 cm³/mol. The summed E-state index contributed by atoms with van der Waals surface area (Å²) in [5.41, 5.74) is 1.21. The number of anilines is 1. The summed E-state index contributed by atoms with van der Waals surface area (Å²) in [4.78, 5) is 22.7. The van der Waals surface area contributed by atoms with Gasteiger partial charge in [0.05, 0.1) is 0 Å². The molecule has 0 aliphatic rings. The highest BCUT2D eigenvalue weighted by Gasteiger charge is 2.10. The average molecular weight is 293 g/mol. The summed E-state index contributed by atoms with van der Waals surface area (Å²) >= 11 is 0. The van der Waals surface area contributed by atoms with Gasteiger partial charge in [-0.2, -0.15) is 0 Å². The van der Waals surface area contributed by atoms with Crippen molar-refractivity contribution in [2.24, 2.45) is 0 Å². The highest BCUT2D eigenvalue weighted by molar-refractivity contribution is 5.92. The maximum Gasteiger partial charge on any atom is 0.270 e. The number of hydrogen-bond acceptors (Lipinski definition) is 5. The Morgan fingerprint density at radius 2 is 2.00 bits per heavy atom. The molecule has 1 aromatic rings. The molecule has 0 aromatic carbocycles. The van der Waals surface area contributed by atoms with Gasteiger partial charge in [0.2, 0.25) is 5.95 Å². The van der Waals surface area contributed by atoms with E-state index in [4.69, 9.17) is 0 Å². The van der Waals surface area contributed by atoms with Crippen molar-refractivity contribution in [1.29, 1.82) is 0 Å². The summed E-state index contributed by atoms with van der Waals surface area (Å²) < 4.78 is 0. The van der Waals surface area contributed by atoms with Crippen LogP contribution in [0.5, 0.6) is 0 Å². The van der Waals surface area contributed by atoms with Gasteiger partial charge in [-0.25, -0.2) is 9.97 Å². The van der Waals surface area contributed by atoms with E-state index in [1.54, 1.807) is 6.07 Å². The fourth-order valence-corrected chi connectivity index (χ4v) is 1.82. The van der Waals surface area contributed by atoms with Gasteiger partial charge < -0.3 is 15.5 Å². The molecule has 6 heteroatoms. The quantitative estimate of drug-likeness (QED) is 0.678. The third-order valence-corrected chi connectivity index (χ3v) is 2.99. The Balaban J connectivity index is 2.57. The number of aromatic nitrogens is 2. The lowest BCUT2D eigenvalue weighted by molar-refractivity contribution is 0.0946. The van der Waals surface area contributed by atoms with Gasteiger partial charge in [0, 0.05) is 25.3 Å². The zero-order valence-corrected chi connectivity index (χ0v) is 13.6. The Bertz CT molecular complexity index is 448. The number of carbonyl (C=O) groups is 1. The third-order valence-electron chi connectivity index (χ3n) is 2.99. The number of likely N-dealkylation sites (N-methyl/N-ethyl adjacent to an activating group) is 1. The molecule has 21 heavy (non-hydrogen) atoms. The van der Waals surface area contributed by atoms with Crippen molar-refractivity contribution in [3.63, 3.8) is 0 Å². The van der Waals surface area contributed by atoms with Crippen LogP contribution < -0.4 is 10.6 Å². The SMILES string of the molecule is CCCCCNc1nc(C)cc(C(=O)NCCN(C)C)n1. The average Bonchev–Trinajstić information content (AvgIpc) is 2.42. The normalized spacial score (nSPS) is 10.7. The van der Waals surface area contributed by atoms with Gasteiger partial charge in [-0.1, -0.05) is 19.8 Å². The molecule has 0 fully saturated rings. The first-order chi connectivity index (χ1) is 10.0. The Morgan fingerprint density at radius 1 is 1.24 bits per heavy atom. The molecule has 118 valence electrons. The van der Waals surface area contributed by atoms with E-state index in [-0.39, 0.29) is 5.91 Å². The minimum atomic E-state index is -0.154. The number of rotatable bonds is 9. The fourth-order valence-electron chi connectivity index (χ4n) is 1.82. The Labute approximate surface area is 127 Å². The van der Waals surface area contributed by atoms with Crippen molar-refractivity contribution >= 4 is 11.9 Å². The number of unbranched alkanes of at least 4 members (excludes halogenated alkanes) is 2. The molecule has 2 N–H and O–H groups in total. The van der Waals surface area contributed by atoms with E-state index >= 15 is 0 Å². The second kappa shape index (κ2) is 9.28. The summed E-state index contributed by atoms with van der Waals surface area (Å²) in [5.74, 6) is 0.378. The first-order valence-electron chi connectivity index (χ1n) is 7.55. The Hall–Kier alpha value is -1.69. The Kier molecular flexibility index (Phi) is 7.68. The van der Waals surface area contributed by atoms with E-state index in [2.05, 4.69) is 27.5 Å². The van der Waals surface area contributed by atoms with Crippen LogP contribution in [0, 0.1) is 6.92 Å². The number of aryl methyl sites for hydroxylation is 1. The molecule has 0 bridgehead atoms. The molecule has 0 aliphatic carbocycles. The summed E-state index contributed by atoms with van der Waals surface area (Å²) in [7, 11) is 3.94. The zero-order valence-electron chi connectivity index (χ0n) is 13.6. The number of carbonyl (C=O) groups excluding carboxylic acids is 1. The van der Waals surface area contributed by atoms with Gasteiger partial charge in [0.25, 0.3) is 5.91 Å². The predicted octanol–water partition coefficient (Wildman–Crippen LogP) is 1.68. The molecule has 0 saturated heterocycles. The summed E-state index contributed by atoms with van der Waals surface area (Å²) in [6.07, 6.45) is 3.44. The molecule has 0 atom stereocenters. The van der Waals surface area contributed by atoms with E-state index in [1.165, 1.54) is 12.8 Å². The van der Waals surface area contributed by atoms with Gasteiger partial charge in [0.15, 0.2) is 0 Å².